The van der Waals surface area contributed by atoms with Gasteiger partial charge < -0.3 is 0 Å². The first-order valence-corrected chi connectivity index (χ1v) is 10.2. The van der Waals surface area contributed by atoms with Crippen molar-refractivity contribution in [3.05, 3.63) is 49.5 Å². The molecule has 0 saturated carbocycles. The molecule has 0 fully saturated rings. The first-order chi connectivity index (χ1) is 9.82. The molecular formula is C14H15Br2NO2S2. The van der Waals surface area contributed by atoms with Crippen molar-refractivity contribution in [3.63, 3.8) is 0 Å². The number of hydrogen-bond acceptors (Lipinski definition) is 3. The Morgan fingerprint density at radius 2 is 1.95 bits per heavy atom. The quantitative estimate of drug-likeness (QED) is 0.648. The predicted molar refractivity (Wildman–Crippen MR) is 94.0 cm³/mol. The molecule has 7 heteroatoms. The van der Waals surface area contributed by atoms with Crippen molar-refractivity contribution in [1.29, 1.82) is 0 Å². The fraction of sp³-hybridized carbons (Fsp3) is 0.286. The van der Waals surface area contributed by atoms with Gasteiger partial charge >= 0.3 is 0 Å². The second-order valence-electron chi connectivity index (χ2n) is 4.80. The molecule has 0 aliphatic carbocycles. The summed E-state index contributed by atoms with van der Waals surface area (Å²) in [6.07, 6.45) is 0. The van der Waals surface area contributed by atoms with Crippen LogP contribution in [0.4, 0.5) is 0 Å². The number of sulfonamides is 1. The minimum absolute atomic E-state index is 0.118. The van der Waals surface area contributed by atoms with Crippen LogP contribution in [-0.4, -0.2) is 18.8 Å². The zero-order valence-corrected chi connectivity index (χ0v) is 16.4. The molecule has 0 aliphatic rings. The lowest BCUT2D eigenvalue weighted by atomic mass is 10.4. The fourth-order valence-corrected chi connectivity index (χ4v) is 6.02. The number of nitrogens with zero attached hydrogens (tertiary/aromatic N) is 1. The van der Waals surface area contributed by atoms with Gasteiger partial charge in [0, 0.05) is 26.4 Å². The number of hydrogen-bond donors (Lipinski definition) is 0. The van der Waals surface area contributed by atoms with Gasteiger partial charge in [0.1, 0.15) is 0 Å². The van der Waals surface area contributed by atoms with Crippen LogP contribution < -0.4 is 0 Å². The third kappa shape index (κ3) is 3.96. The second kappa shape index (κ2) is 6.91. The average Bonchev–Trinajstić information content (AvgIpc) is 2.87. The molecule has 0 atom stereocenters. The van der Waals surface area contributed by atoms with E-state index < -0.39 is 10.0 Å². The van der Waals surface area contributed by atoms with Crippen molar-refractivity contribution in [2.45, 2.75) is 31.3 Å². The first kappa shape index (κ1) is 17.1. The molecule has 0 N–H and O–H groups in total. The molecule has 0 radical (unpaired) electrons. The summed E-state index contributed by atoms with van der Waals surface area (Å²) in [7, 11) is -3.55. The van der Waals surface area contributed by atoms with Gasteiger partial charge in [-0.3, -0.25) is 0 Å². The standard InChI is InChI=1S/C14H15Br2NO2S2/c1-10(2)17(9-12-4-3-7-20-12)21(18,19)14-6-5-11(15)8-13(14)16/h3-8,10H,9H2,1-2H3. The van der Waals surface area contributed by atoms with E-state index in [1.54, 1.807) is 29.5 Å². The van der Waals surface area contributed by atoms with Crippen molar-refractivity contribution >= 4 is 53.2 Å². The third-order valence-corrected chi connectivity index (χ3v) is 7.30. The lowest BCUT2D eigenvalue weighted by Crippen LogP contribution is -2.36. The van der Waals surface area contributed by atoms with Crippen LogP contribution in [0.1, 0.15) is 18.7 Å². The summed E-state index contributed by atoms with van der Waals surface area (Å²) >= 11 is 8.25. The van der Waals surface area contributed by atoms with E-state index in [2.05, 4.69) is 31.9 Å². The molecular weight excluding hydrogens is 438 g/mol. The minimum Gasteiger partial charge on any atom is -0.207 e. The van der Waals surface area contributed by atoms with Crippen LogP contribution in [0.3, 0.4) is 0 Å². The third-order valence-electron chi connectivity index (χ3n) is 2.95. The second-order valence-corrected chi connectivity index (χ2v) is 9.46. The SMILES string of the molecule is CC(C)N(Cc1cccs1)S(=O)(=O)c1ccc(Br)cc1Br. The minimum atomic E-state index is -3.55. The van der Waals surface area contributed by atoms with Gasteiger partial charge in [0.2, 0.25) is 10.0 Å². The Hall–Kier alpha value is -0.210. The molecule has 0 spiro atoms. The van der Waals surface area contributed by atoms with Crippen LogP contribution in [0.2, 0.25) is 0 Å². The lowest BCUT2D eigenvalue weighted by Gasteiger charge is -2.26. The predicted octanol–water partition coefficient (Wildman–Crippen LogP) is 4.87. The van der Waals surface area contributed by atoms with E-state index in [1.165, 1.54) is 4.31 Å². The molecule has 0 unspecified atom stereocenters. The molecule has 2 aromatic rings. The van der Waals surface area contributed by atoms with Crippen molar-refractivity contribution in [2.75, 3.05) is 0 Å². The maximum Gasteiger partial charge on any atom is 0.244 e. The van der Waals surface area contributed by atoms with E-state index in [-0.39, 0.29) is 10.9 Å². The van der Waals surface area contributed by atoms with Crippen LogP contribution in [0.15, 0.2) is 49.6 Å². The highest BCUT2D eigenvalue weighted by Crippen LogP contribution is 2.30. The maximum atomic E-state index is 12.9. The van der Waals surface area contributed by atoms with Gasteiger partial charge in [-0.05, 0) is 59.4 Å². The van der Waals surface area contributed by atoms with Crippen LogP contribution in [0.25, 0.3) is 0 Å². The topological polar surface area (TPSA) is 37.4 Å². The Morgan fingerprint density at radius 3 is 2.48 bits per heavy atom. The van der Waals surface area contributed by atoms with Crippen LogP contribution in [0.5, 0.6) is 0 Å². The van der Waals surface area contributed by atoms with E-state index in [0.29, 0.717) is 11.0 Å². The van der Waals surface area contributed by atoms with Gasteiger partial charge in [0.05, 0.1) is 4.90 Å². The Morgan fingerprint density at radius 1 is 1.24 bits per heavy atom. The van der Waals surface area contributed by atoms with Gasteiger partial charge in [-0.25, -0.2) is 8.42 Å². The summed E-state index contributed by atoms with van der Waals surface area (Å²) in [5.74, 6) is 0. The summed E-state index contributed by atoms with van der Waals surface area (Å²) < 4.78 is 28.8. The molecule has 0 saturated heterocycles. The highest BCUT2D eigenvalue weighted by molar-refractivity contribution is 9.11. The van der Waals surface area contributed by atoms with Gasteiger partial charge in [0.25, 0.3) is 0 Å². The van der Waals surface area contributed by atoms with Crippen molar-refractivity contribution in [3.8, 4) is 0 Å². The Balaban J connectivity index is 2.42. The first-order valence-electron chi connectivity index (χ1n) is 6.31. The molecule has 1 aromatic heterocycles. The summed E-state index contributed by atoms with van der Waals surface area (Å²) in [4.78, 5) is 1.32. The fourth-order valence-electron chi connectivity index (χ4n) is 1.91. The van der Waals surface area contributed by atoms with E-state index in [9.17, 15) is 8.42 Å². The molecule has 0 bridgehead atoms. The molecule has 21 heavy (non-hydrogen) atoms. The monoisotopic (exact) mass is 451 g/mol. The van der Waals surface area contributed by atoms with Crippen molar-refractivity contribution < 1.29 is 8.42 Å². The van der Waals surface area contributed by atoms with Gasteiger partial charge in [-0.2, -0.15) is 4.31 Å². The maximum absolute atomic E-state index is 12.9. The van der Waals surface area contributed by atoms with E-state index in [4.69, 9.17) is 0 Å². The molecule has 2 rings (SSSR count). The summed E-state index contributed by atoms with van der Waals surface area (Å²) in [6, 6.07) is 8.87. The Bertz CT molecular complexity index is 713. The van der Waals surface area contributed by atoms with E-state index >= 15 is 0 Å². The van der Waals surface area contributed by atoms with Gasteiger partial charge in [-0.15, -0.1) is 11.3 Å². The largest absolute Gasteiger partial charge is 0.244 e. The molecule has 1 heterocycles. The summed E-state index contributed by atoms with van der Waals surface area (Å²) in [5, 5.41) is 1.95. The number of thiophene rings is 1. The average molecular weight is 453 g/mol. The highest BCUT2D eigenvalue weighted by atomic mass is 79.9. The molecule has 3 nitrogen and oxygen atoms in total. The lowest BCUT2D eigenvalue weighted by molar-refractivity contribution is 0.350. The zero-order chi connectivity index (χ0) is 15.6. The van der Waals surface area contributed by atoms with Crippen LogP contribution in [0, 0.1) is 0 Å². The molecule has 1 aromatic carbocycles. The number of rotatable bonds is 5. The highest BCUT2D eigenvalue weighted by Gasteiger charge is 2.29. The Labute approximate surface area is 146 Å². The van der Waals surface area contributed by atoms with Gasteiger partial charge in [0.15, 0.2) is 0 Å². The van der Waals surface area contributed by atoms with Gasteiger partial charge in [-0.1, -0.05) is 22.0 Å². The van der Waals surface area contributed by atoms with E-state index in [1.807, 2.05) is 31.4 Å². The Kier molecular flexibility index (Phi) is 5.65. The zero-order valence-electron chi connectivity index (χ0n) is 11.6. The van der Waals surface area contributed by atoms with Crippen LogP contribution >= 0.6 is 43.2 Å². The smallest absolute Gasteiger partial charge is 0.207 e. The van der Waals surface area contributed by atoms with Crippen LogP contribution in [-0.2, 0) is 16.6 Å². The molecule has 0 amide bonds. The number of benzene rings is 1. The molecule has 114 valence electrons. The summed E-state index contributed by atoms with van der Waals surface area (Å²) in [6.45, 7) is 4.16. The molecule has 0 aliphatic heterocycles. The number of halogens is 2. The van der Waals surface area contributed by atoms with E-state index in [0.717, 1.165) is 9.35 Å². The van der Waals surface area contributed by atoms with Crippen molar-refractivity contribution in [2.24, 2.45) is 0 Å². The normalized spacial score (nSPS) is 12.3. The summed E-state index contributed by atoms with van der Waals surface area (Å²) in [5.41, 5.74) is 0. The van der Waals surface area contributed by atoms with Crippen molar-refractivity contribution in [1.82, 2.24) is 4.31 Å².